The highest BCUT2D eigenvalue weighted by molar-refractivity contribution is 7.16. The normalized spacial score (nSPS) is 10.9. The lowest BCUT2D eigenvalue weighted by molar-refractivity contribution is -0.130. The molecule has 0 aliphatic rings. The van der Waals surface area contributed by atoms with Crippen LogP contribution in [0.25, 0.3) is 0 Å². The van der Waals surface area contributed by atoms with Gasteiger partial charge in [-0.25, -0.2) is 0 Å². The van der Waals surface area contributed by atoms with Gasteiger partial charge in [-0.2, -0.15) is 5.10 Å². The van der Waals surface area contributed by atoms with Gasteiger partial charge < -0.3 is 4.90 Å². The first-order valence-corrected chi connectivity index (χ1v) is 8.12. The van der Waals surface area contributed by atoms with Crippen molar-refractivity contribution in [1.82, 2.24) is 14.7 Å². The Balaban J connectivity index is 2.09. The Morgan fingerprint density at radius 1 is 1.43 bits per heavy atom. The first-order chi connectivity index (χ1) is 9.92. The number of halogens is 1. The van der Waals surface area contributed by atoms with E-state index in [2.05, 4.69) is 5.10 Å². The molecule has 0 aliphatic heterocycles. The Morgan fingerprint density at radius 2 is 2.14 bits per heavy atom. The minimum absolute atomic E-state index is 0.126. The van der Waals surface area contributed by atoms with Crippen LogP contribution >= 0.6 is 22.9 Å². The van der Waals surface area contributed by atoms with Gasteiger partial charge in [0.25, 0.3) is 0 Å². The van der Waals surface area contributed by atoms with Gasteiger partial charge in [-0.05, 0) is 32.9 Å². The molecule has 0 radical (unpaired) electrons. The van der Waals surface area contributed by atoms with Gasteiger partial charge in [-0.1, -0.05) is 11.6 Å². The first kappa shape index (κ1) is 16.0. The van der Waals surface area contributed by atoms with Crippen molar-refractivity contribution >= 4 is 28.8 Å². The van der Waals surface area contributed by atoms with Crippen molar-refractivity contribution in [1.29, 1.82) is 0 Å². The lowest BCUT2D eigenvalue weighted by Gasteiger charge is -2.20. The standard InChI is InChI=1S/C15H20ClN3OS/c1-5-19(9-12-6-7-14(16)21-12)15(20)8-13-10(2)17-18(4)11(13)3/h6-7H,5,8-9H2,1-4H3. The lowest BCUT2D eigenvalue weighted by atomic mass is 10.1. The van der Waals surface area contributed by atoms with Gasteiger partial charge in [0.15, 0.2) is 0 Å². The van der Waals surface area contributed by atoms with Gasteiger partial charge in [0.05, 0.1) is 23.0 Å². The number of nitrogens with zero attached hydrogens (tertiary/aromatic N) is 3. The number of aromatic nitrogens is 2. The van der Waals surface area contributed by atoms with E-state index >= 15 is 0 Å². The van der Waals surface area contributed by atoms with E-state index in [1.807, 2.05) is 49.5 Å². The molecule has 0 saturated heterocycles. The average Bonchev–Trinajstić information content (AvgIpc) is 2.94. The van der Waals surface area contributed by atoms with E-state index in [-0.39, 0.29) is 5.91 Å². The van der Waals surface area contributed by atoms with Crippen LogP contribution in [-0.2, 0) is 24.8 Å². The molecule has 0 unspecified atom stereocenters. The number of hydrogen-bond acceptors (Lipinski definition) is 3. The summed E-state index contributed by atoms with van der Waals surface area (Å²) in [5.41, 5.74) is 3.01. The topological polar surface area (TPSA) is 38.1 Å². The molecule has 4 nitrogen and oxygen atoms in total. The SMILES string of the molecule is CCN(Cc1ccc(Cl)s1)C(=O)Cc1c(C)nn(C)c1C. The third kappa shape index (κ3) is 3.66. The number of rotatable bonds is 5. The van der Waals surface area contributed by atoms with E-state index in [4.69, 9.17) is 11.6 Å². The van der Waals surface area contributed by atoms with E-state index in [0.717, 1.165) is 26.2 Å². The Hall–Kier alpha value is -1.33. The third-order valence-corrected chi connectivity index (χ3v) is 4.91. The maximum Gasteiger partial charge on any atom is 0.227 e. The Labute approximate surface area is 134 Å². The molecule has 0 aliphatic carbocycles. The van der Waals surface area contributed by atoms with Crippen molar-refractivity contribution in [3.8, 4) is 0 Å². The summed E-state index contributed by atoms with van der Waals surface area (Å²) in [7, 11) is 1.90. The van der Waals surface area contributed by atoms with Crippen LogP contribution in [0.1, 0.15) is 28.8 Å². The molecule has 0 N–H and O–H groups in total. The van der Waals surface area contributed by atoms with Crippen LogP contribution in [0.3, 0.4) is 0 Å². The summed E-state index contributed by atoms with van der Waals surface area (Å²) in [6.45, 7) is 7.25. The van der Waals surface area contributed by atoms with E-state index in [9.17, 15) is 4.79 Å². The molecule has 2 aromatic heterocycles. The van der Waals surface area contributed by atoms with Crippen molar-refractivity contribution in [3.05, 3.63) is 38.3 Å². The number of aryl methyl sites for hydroxylation is 2. The largest absolute Gasteiger partial charge is 0.338 e. The highest BCUT2D eigenvalue weighted by Gasteiger charge is 2.18. The Morgan fingerprint density at radius 3 is 2.62 bits per heavy atom. The van der Waals surface area contributed by atoms with Gasteiger partial charge in [-0.3, -0.25) is 9.48 Å². The van der Waals surface area contributed by atoms with Gasteiger partial charge in [0, 0.05) is 29.7 Å². The number of likely N-dealkylation sites (N-methyl/N-ethyl adjacent to an activating group) is 1. The molecule has 1 amide bonds. The molecule has 6 heteroatoms. The predicted octanol–water partition coefficient (Wildman–Crippen LogP) is 3.34. The second-order valence-electron chi connectivity index (χ2n) is 5.06. The number of amides is 1. The zero-order valence-electron chi connectivity index (χ0n) is 12.8. The quantitative estimate of drug-likeness (QED) is 0.845. The van der Waals surface area contributed by atoms with Crippen LogP contribution in [-0.4, -0.2) is 27.1 Å². The first-order valence-electron chi connectivity index (χ1n) is 6.93. The van der Waals surface area contributed by atoms with Crippen molar-refractivity contribution in [2.24, 2.45) is 7.05 Å². The highest BCUT2D eigenvalue weighted by Crippen LogP contribution is 2.23. The fourth-order valence-electron chi connectivity index (χ4n) is 2.34. The molecule has 0 bridgehead atoms. The maximum atomic E-state index is 12.5. The molecular weight excluding hydrogens is 306 g/mol. The van der Waals surface area contributed by atoms with Crippen molar-refractivity contribution in [2.45, 2.75) is 33.7 Å². The summed E-state index contributed by atoms with van der Waals surface area (Å²) in [6, 6.07) is 3.85. The fraction of sp³-hybridized carbons (Fsp3) is 0.467. The smallest absolute Gasteiger partial charge is 0.227 e. The highest BCUT2D eigenvalue weighted by atomic mass is 35.5. The predicted molar refractivity (Wildman–Crippen MR) is 86.8 cm³/mol. The second kappa shape index (κ2) is 6.62. The lowest BCUT2D eigenvalue weighted by Crippen LogP contribution is -2.31. The summed E-state index contributed by atoms with van der Waals surface area (Å²) in [5, 5.41) is 4.37. The van der Waals surface area contributed by atoms with Gasteiger partial charge in [0.2, 0.25) is 5.91 Å². The summed E-state index contributed by atoms with van der Waals surface area (Å²) in [6.07, 6.45) is 0.401. The van der Waals surface area contributed by atoms with E-state index in [1.165, 1.54) is 11.3 Å². The average molecular weight is 326 g/mol. The molecule has 2 rings (SSSR count). The Bertz CT molecular complexity index is 647. The molecule has 114 valence electrons. The molecule has 0 atom stereocenters. The van der Waals surface area contributed by atoms with E-state index in [1.54, 1.807) is 0 Å². The molecule has 0 saturated carbocycles. The number of hydrogen-bond donors (Lipinski definition) is 0. The van der Waals surface area contributed by atoms with Crippen LogP contribution in [0, 0.1) is 13.8 Å². The second-order valence-corrected chi connectivity index (χ2v) is 6.86. The van der Waals surface area contributed by atoms with Crippen LogP contribution in [0.2, 0.25) is 4.34 Å². The molecule has 0 spiro atoms. The minimum atomic E-state index is 0.126. The molecule has 0 fully saturated rings. The molecule has 21 heavy (non-hydrogen) atoms. The zero-order chi connectivity index (χ0) is 15.6. The fourth-order valence-corrected chi connectivity index (χ4v) is 3.44. The summed E-state index contributed by atoms with van der Waals surface area (Å²) >= 11 is 7.47. The van der Waals surface area contributed by atoms with Gasteiger partial charge in [0.1, 0.15) is 0 Å². The molecule has 0 aromatic carbocycles. The van der Waals surface area contributed by atoms with Crippen LogP contribution < -0.4 is 0 Å². The van der Waals surface area contributed by atoms with E-state index in [0.29, 0.717) is 19.5 Å². The summed E-state index contributed by atoms with van der Waals surface area (Å²) < 4.78 is 2.58. The maximum absolute atomic E-state index is 12.5. The summed E-state index contributed by atoms with van der Waals surface area (Å²) in [5.74, 6) is 0.126. The zero-order valence-corrected chi connectivity index (χ0v) is 14.4. The van der Waals surface area contributed by atoms with Crippen molar-refractivity contribution < 1.29 is 4.79 Å². The number of thiophene rings is 1. The molecular formula is C15H20ClN3OS. The van der Waals surface area contributed by atoms with Crippen LogP contribution in [0.4, 0.5) is 0 Å². The van der Waals surface area contributed by atoms with Crippen LogP contribution in [0.5, 0.6) is 0 Å². The van der Waals surface area contributed by atoms with Gasteiger partial charge >= 0.3 is 0 Å². The number of carbonyl (C=O) groups excluding carboxylic acids is 1. The third-order valence-electron chi connectivity index (χ3n) is 3.70. The van der Waals surface area contributed by atoms with Crippen molar-refractivity contribution in [2.75, 3.05) is 6.54 Å². The van der Waals surface area contributed by atoms with Gasteiger partial charge in [-0.15, -0.1) is 11.3 Å². The van der Waals surface area contributed by atoms with Crippen LogP contribution in [0.15, 0.2) is 12.1 Å². The molecule has 2 aromatic rings. The minimum Gasteiger partial charge on any atom is -0.338 e. The van der Waals surface area contributed by atoms with Crippen molar-refractivity contribution in [3.63, 3.8) is 0 Å². The number of carbonyl (C=O) groups is 1. The Kier molecular flexibility index (Phi) is 5.06. The monoisotopic (exact) mass is 325 g/mol. The molecule has 2 heterocycles. The van der Waals surface area contributed by atoms with E-state index < -0.39 is 0 Å². The summed E-state index contributed by atoms with van der Waals surface area (Å²) in [4.78, 5) is 15.5.